The molecule has 6 rings (SSSR count). The molecule has 11 heteroatoms. The third-order valence-corrected chi connectivity index (χ3v) is 13.7. The Morgan fingerprint density at radius 1 is 1.04 bits per heavy atom. The first kappa shape index (κ1) is 36.3. The number of aryl methyl sites for hydroxylation is 1. The summed E-state index contributed by atoms with van der Waals surface area (Å²) >= 11 is 6.64. The lowest BCUT2D eigenvalue weighted by molar-refractivity contribution is -0.137. The van der Waals surface area contributed by atoms with Crippen LogP contribution in [-0.4, -0.2) is 53.0 Å². The Labute approximate surface area is 301 Å². The number of fused-ring (bicyclic) bond motifs is 1. The van der Waals surface area contributed by atoms with E-state index in [1.807, 2.05) is 18.2 Å². The second-order valence-corrected chi connectivity index (χ2v) is 17.2. The molecule has 0 bridgehead atoms. The van der Waals surface area contributed by atoms with Crippen LogP contribution in [0.1, 0.15) is 112 Å². The van der Waals surface area contributed by atoms with Gasteiger partial charge in [0.25, 0.3) is 0 Å². The molecule has 268 valence electrons. The van der Waals surface area contributed by atoms with Crippen molar-refractivity contribution in [1.29, 1.82) is 0 Å². The van der Waals surface area contributed by atoms with E-state index in [1.165, 1.54) is 67.7 Å². The second-order valence-electron chi connectivity index (χ2n) is 14.8. The fourth-order valence-corrected chi connectivity index (χ4v) is 9.88. The smallest absolute Gasteiger partial charge is 0.304 e. The number of benzene rings is 3. The molecule has 2 fully saturated rings. The zero-order chi connectivity index (χ0) is 35.6. The maximum absolute atomic E-state index is 13.8. The molecule has 9 nitrogen and oxygen atoms in total. The van der Waals surface area contributed by atoms with E-state index in [1.54, 1.807) is 62.3 Å². The minimum absolute atomic E-state index is 0.0198. The molecule has 2 aliphatic carbocycles. The van der Waals surface area contributed by atoms with Gasteiger partial charge in [0.05, 0.1) is 18.4 Å². The summed E-state index contributed by atoms with van der Waals surface area (Å²) in [6, 6.07) is 16.4. The Hall–Kier alpha value is -3.47. The van der Waals surface area contributed by atoms with E-state index in [9.17, 15) is 18.3 Å². The zero-order valence-corrected chi connectivity index (χ0v) is 31.1. The van der Waals surface area contributed by atoms with E-state index in [0.717, 1.165) is 12.3 Å². The minimum atomic E-state index is -3.83. The van der Waals surface area contributed by atoms with Crippen molar-refractivity contribution in [3.8, 4) is 5.75 Å². The number of sulfonamides is 1. The van der Waals surface area contributed by atoms with Crippen molar-refractivity contribution in [3.05, 3.63) is 81.9 Å². The highest BCUT2D eigenvalue weighted by Gasteiger charge is 2.38. The van der Waals surface area contributed by atoms with Crippen LogP contribution in [0.2, 0.25) is 5.02 Å². The summed E-state index contributed by atoms with van der Waals surface area (Å²) < 4.78 is 36.2. The molecule has 0 amide bonds. The molecule has 50 heavy (non-hydrogen) atoms. The Morgan fingerprint density at radius 3 is 2.44 bits per heavy atom. The molecular weight excluding hydrogens is 672 g/mol. The normalized spacial score (nSPS) is 20.4. The standard InChI is InChI=1S/C39H49ClN4O5S/c1-39(18-7-5-6-8-19-39)31-11-9-10-27(21-31)26-12-15-32(16-13-26)50(47,48)43(2)25-30-20-28(14-17-34(30)40)33(24-37(45)46)29-22-35-38(36(23-29)49-4)44(3)42-41-35/h12-17,20,22-23,27,31,33H,5-11,18-19,21,24-25H2,1-4H3,(H,45,46). The second kappa shape index (κ2) is 15.0. The maximum Gasteiger partial charge on any atom is 0.304 e. The van der Waals surface area contributed by atoms with Crippen LogP contribution in [0, 0.1) is 11.3 Å². The molecule has 0 aliphatic heterocycles. The number of carboxylic acid groups (broad SMARTS) is 1. The van der Waals surface area contributed by atoms with Crippen LogP contribution in [0.5, 0.6) is 5.75 Å². The number of nitrogens with zero attached hydrogens (tertiary/aromatic N) is 4. The van der Waals surface area contributed by atoms with Crippen LogP contribution in [0.4, 0.5) is 0 Å². The molecular formula is C39H49ClN4O5S. The number of hydrogen-bond acceptors (Lipinski definition) is 6. The van der Waals surface area contributed by atoms with Gasteiger partial charge in [-0.25, -0.2) is 13.1 Å². The number of aromatic nitrogens is 3. The topological polar surface area (TPSA) is 115 Å². The summed E-state index contributed by atoms with van der Waals surface area (Å²) in [4.78, 5) is 12.3. The molecule has 2 aliphatic rings. The quantitative estimate of drug-likeness (QED) is 0.154. The van der Waals surface area contributed by atoms with E-state index in [4.69, 9.17) is 16.3 Å². The van der Waals surface area contributed by atoms with Crippen LogP contribution in [0.15, 0.2) is 59.5 Å². The third kappa shape index (κ3) is 7.58. The van der Waals surface area contributed by atoms with Crippen molar-refractivity contribution in [2.45, 2.75) is 101 Å². The summed E-state index contributed by atoms with van der Waals surface area (Å²) in [6.45, 7) is 2.53. The van der Waals surface area contributed by atoms with Crippen molar-refractivity contribution < 1.29 is 23.1 Å². The van der Waals surface area contributed by atoms with Gasteiger partial charge in [0.1, 0.15) is 16.8 Å². The number of carbonyl (C=O) groups is 1. The monoisotopic (exact) mass is 720 g/mol. The number of hydrogen-bond donors (Lipinski definition) is 1. The zero-order valence-electron chi connectivity index (χ0n) is 29.6. The summed E-state index contributed by atoms with van der Waals surface area (Å²) in [5.41, 5.74) is 4.90. The first-order valence-electron chi connectivity index (χ1n) is 17.8. The van der Waals surface area contributed by atoms with Crippen LogP contribution in [0.3, 0.4) is 0 Å². The lowest BCUT2D eigenvalue weighted by atomic mass is 9.63. The predicted molar refractivity (Wildman–Crippen MR) is 196 cm³/mol. The number of aliphatic carboxylic acids is 1. The van der Waals surface area contributed by atoms with E-state index in [2.05, 4.69) is 17.2 Å². The summed E-state index contributed by atoms with van der Waals surface area (Å²) in [6.07, 6.45) is 12.7. The van der Waals surface area contributed by atoms with Gasteiger partial charge in [-0.2, -0.15) is 4.31 Å². The van der Waals surface area contributed by atoms with Gasteiger partial charge < -0.3 is 9.84 Å². The highest BCUT2D eigenvalue weighted by atomic mass is 35.5. The number of methoxy groups -OCH3 is 1. The first-order valence-corrected chi connectivity index (χ1v) is 19.6. The molecule has 0 spiro atoms. The molecule has 1 aromatic heterocycles. The highest BCUT2D eigenvalue weighted by Crippen LogP contribution is 2.50. The van der Waals surface area contributed by atoms with Gasteiger partial charge in [0.15, 0.2) is 0 Å². The van der Waals surface area contributed by atoms with Crippen molar-refractivity contribution in [2.24, 2.45) is 18.4 Å². The van der Waals surface area contributed by atoms with Gasteiger partial charge in [-0.3, -0.25) is 4.79 Å². The highest BCUT2D eigenvalue weighted by molar-refractivity contribution is 7.89. The Balaban J connectivity index is 1.20. The fourth-order valence-electron chi connectivity index (χ4n) is 8.55. The van der Waals surface area contributed by atoms with Gasteiger partial charge in [-0.15, -0.1) is 5.10 Å². The molecule has 1 N–H and O–H groups in total. The number of halogens is 1. The molecule has 0 radical (unpaired) electrons. The van der Waals surface area contributed by atoms with Gasteiger partial charge in [0.2, 0.25) is 10.0 Å². The van der Waals surface area contributed by atoms with Gasteiger partial charge >= 0.3 is 5.97 Å². The van der Waals surface area contributed by atoms with Crippen molar-refractivity contribution >= 4 is 38.6 Å². The average Bonchev–Trinajstić information content (AvgIpc) is 3.34. The Bertz CT molecular complexity index is 1940. The molecule has 0 saturated heterocycles. The Kier molecular flexibility index (Phi) is 10.9. The van der Waals surface area contributed by atoms with Crippen molar-refractivity contribution in [1.82, 2.24) is 19.3 Å². The minimum Gasteiger partial charge on any atom is -0.494 e. The number of ether oxygens (including phenoxy) is 1. The maximum atomic E-state index is 13.8. The number of rotatable bonds is 11. The molecule has 3 aromatic carbocycles. The molecule has 2 saturated carbocycles. The average molecular weight is 721 g/mol. The van der Waals surface area contributed by atoms with E-state index >= 15 is 0 Å². The third-order valence-electron chi connectivity index (χ3n) is 11.5. The predicted octanol–water partition coefficient (Wildman–Crippen LogP) is 8.69. The molecule has 1 heterocycles. The Morgan fingerprint density at radius 2 is 1.76 bits per heavy atom. The van der Waals surface area contributed by atoms with Crippen LogP contribution in [-0.2, 0) is 28.4 Å². The summed E-state index contributed by atoms with van der Waals surface area (Å²) in [5.74, 6) is 0.168. The van der Waals surface area contributed by atoms with E-state index in [-0.39, 0.29) is 17.9 Å². The largest absolute Gasteiger partial charge is 0.494 e. The van der Waals surface area contributed by atoms with Crippen LogP contribution >= 0.6 is 11.6 Å². The van der Waals surface area contributed by atoms with Crippen LogP contribution in [0.25, 0.3) is 11.0 Å². The lowest BCUT2D eigenvalue weighted by Gasteiger charge is -2.42. The van der Waals surface area contributed by atoms with Gasteiger partial charge in [-0.1, -0.05) is 80.1 Å². The molecule has 4 aromatic rings. The fraction of sp³-hybridized carbons (Fsp3) is 0.513. The van der Waals surface area contributed by atoms with Crippen molar-refractivity contribution in [2.75, 3.05) is 14.2 Å². The molecule has 3 atom stereocenters. The summed E-state index contributed by atoms with van der Waals surface area (Å²) in [5, 5.41) is 18.6. The molecule has 3 unspecified atom stereocenters. The van der Waals surface area contributed by atoms with Gasteiger partial charge in [-0.05, 0) is 102 Å². The van der Waals surface area contributed by atoms with E-state index < -0.39 is 21.9 Å². The van der Waals surface area contributed by atoms with E-state index in [0.29, 0.717) is 49.8 Å². The number of carboxylic acids is 1. The van der Waals surface area contributed by atoms with Crippen molar-refractivity contribution in [3.63, 3.8) is 0 Å². The summed E-state index contributed by atoms with van der Waals surface area (Å²) in [7, 11) is 1.03. The van der Waals surface area contributed by atoms with Gasteiger partial charge in [0, 0.05) is 31.6 Å². The lowest BCUT2D eigenvalue weighted by Crippen LogP contribution is -2.31. The SMILES string of the molecule is COc1cc(C(CC(=O)O)c2ccc(Cl)c(CN(C)S(=O)(=O)c3ccc(C4CCCC(C5(C)CCCCCC5)C4)cc3)c2)cc2nnn(C)c12. The van der Waals surface area contributed by atoms with Crippen LogP contribution < -0.4 is 4.74 Å². The first-order chi connectivity index (χ1) is 23.9.